The molecular formula is C10H9BrClFO2. The summed E-state index contributed by atoms with van der Waals surface area (Å²) in [6, 6.07) is 4.65. The number of halogens is 3. The lowest BCUT2D eigenvalue weighted by molar-refractivity contribution is -0.154. The molecule has 0 aliphatic rings. The molecule has 1 atom stereocenters. The van der Waals surface area contributed by atoms with Crippen LogP contribution in [0.3, 0.4) is 0 Å². The zero-order valence-corrected chi connectivity index (χ0v) is 10.5. The first kappa shape index (κ1) is 12.5. The minimum atomic E-state index is -2.21. The quantitative estimate of drug-likeness (QED) is 0.781. The van der Waals surface area contributed by atoms with Crippen LogP contribution in [0.2, 0.25) is 5.02 Å². The van der Waals surface area contributed by atoms with Crippen molar-refractivity contribution in [1.29, 1.82) is 0 Å². The zero-order chi connectivity index (χ0) is 11.6. The molecule has 0 saturated carbocycles. The average Bonchev–Trinajstić information content (AvgIpc) is 2.20. The highest BCUT2D eigenvalue weighted by Crippen LogP contribution is 2.36. The molecule has 1 unspecified atom stereocenters. The van der Waals surface area contributed by atoms with Gasteiger partial charge < -0.3 is 4.74 Å². The Morgan fingerprint density at radius 2 is 2.20 bits per heavy atom. The second-order valence-corrected chi connectivity index (χ2v) is 4.30. The predicted molar refractivity (Wildman–Crippen MR) is 59.6 cm³/mol. The summed E-state index contributed by atoms with van der Waals surface area (Å²) in [6.45, 7) is 1.13. The lowest BCUT2D eigenvalue weighted by Gasteiger charge is -2.19. The van der Waals surface area contributed by atoms with Crippen molar-refractivity contribution in [1.82, 2.24) is 0 Å². The zero-order valence-electron chi connectivity index (χ0n) is 8.18. The second kappa shape index (κ2) is 4.49. The second-order valence-electron chi connectivity index (χ2n) is 3.10. The number of ether oxygens (including phenoxy) is 1. The molecular weight excluding hydrogens is 286 g/mol. The van der Waals surface area contributed by atoms with E-state index in [-0.39, 0.29) is 5.56 Å². The van der Waals surface area contributed by atoms with Crippen molar-refractivity contribution in [2.75, 3.05) is 7.11 Å². The number of alkyl halides is 1. The van der Waals surface area contributed by atoms with Crippen LogP contribution in [0.15, 0.2) is 22.7 Å². The summed E-state index contributed by atoms with van der Waals surface area (Å²) in [6.07, 6.45) is 0. The highest BCUT2D eigenvalue weighted by atomic mass is 79.9. The summed E-state index contributed by atoms with van der Waals surface area (Å²) in [5.74, 6) is -0.953. The fourth-order valence-corrected chi connectivity index (χ4v) is 1.98. The summed E-state index contributed by atoms with van der Waals surface area (Å²) >= 11 is 8.94. The summed E-state index contributed by atoms with van der Waals surface area (Å²) in [4.78, 5) is 11.2. The van der Waals surface area contributed by atoms with Gasteiger partial charge in [0.25, 0.3) is 0 Å². The van der Waals surface area contributed by atoms with Gasteiger partial charge in [-0.3, -0.25) is 0 Å². The van der Waals surface area contributed by atoms with Crippen molar-refractivity contribution in [2.45, 2.75) is 12.6 Å². The third kappa shape index (κ3) is 2.32. The fraction of sp³-hybridized carbons (Fsp3) is 0.300. The molecule has 2 nitrogen and oxygen atoms in total. The van der Waals surface area contributed by atoms with E-state index in [4.69, 9.17) is 11.6 Å². The highest BCUT2D eigenvalue weighted by molar-refractivity contribution is 9.10. The fourth-order valence-electron chi connectivity index (χ4n) is 1.17. The number of methoxy groups -OCH3 is 1. The van der Waals surface area contributed by atoms with E-state index in [2.05, 4.69) is 20.7 Å². The topological polar surface area (TPSA) is 26.3 Å². The molecule has 82 valence electrons. The Morgan fingerprint density at radius 1 is 1.60 bits per heavy atom. The van der Waals surface area contributed by atoms with Gasteiger partial charge in [0.1, 0.15) is 0 Å². The van der Waals surface area contributed by atoms with Crippen LogP contribution in [0.4, 0.5) is 4.39 Å². The third-order valence-electron chi connectivity index (χ3n) is 2.03. The standard InChI is InChI=1S/C10H9BrClFO2/c1-10(13,9(14)15-2)6-4-3-5-7(12)8(6)11/h3-5H,1-2H3. The average molecular weight is 296 g/mol. The highest BCUT2D eigenvalue weighted by Gasteiger charge is 2.38. The Kier molecular flexibility index (Phi) is 3.73. The summed E-state index contributed by atoms with van der Waals surface area (Å²) in [5.41, 5.74) is -2.06. The Labute approximate surface area is 101 Å². The Bertz CT molecular complexity index is 393. The van der Waals surface area contributed by atoms with Gasteiger partial charge in [0, 0.05) is 10.0 Å². The largest absolute Gasteiger partial charge is 0.466 e. The van der Waals surface area contributed by atoms with Gasteiger partial charge in [-0.2, -0.15) is 0 Å². The number of esters is 1. The monoisotopic (exact) mass is 294 g/mol. The van der Waals surface area contributed by atoms with Gasteiger partial charge in [-0.25, -0.2) is 9.18 Å². The van der Waals surface area contributed by atoms with Gasteiger partial charge in [0.05, 0.1) is 12.1 Å². The molecule has 0 spiro atoms. The molecule has 15 heavy (non-hydrogen) atoms. The van der Waals surface area contributed by atoms with Crippen LogP contribution in [-0.2, 0) is 15.2 Å². The molecule has 0 N–H and O–H groups in total. The van der Waals surface area contributed by atoms with Gasteiger partial charge in [0.2, 0.25) is 5.67 Å². The van der Waals surface area contributed by atoms with Crippen LogP contribution in [0.5, 0.6) is 0 Å². The molecule has 0 aromatic heterocycles. The van der Waals surface area contributed by atoms with Crippen LogP contribution < -0.4 is 0 Å². The summed E-state index contributed by atoms with van der Waals surface area (Å²) in [7, 11) is 1.14. The first-order chi connectivity index (χ1) is 6.91. The molecule has 0 aliphatic carbocycles. The lowest BCUT2D eigenvalue weighted by atomic mass is 9.98. The smallest absolute Gasteiger partial charge is 0.348 e. The van der Waals surface area contributed by atoms with Crippen LogP contribution in [0, 0.1) is 0 Å². The van der Waals surface area contributed by atoms with E-state index in [1.165, 1.54) is 6.07 Å². The number of rotatable bonds is 2. The van der Waals surface area contributed by atoms with Gasteiger partial charge in [-0.1, -0.05) is 23.7 Å². The van der Waals surface area contributed by atoms with E-state index in [0.717, 1.165) is 14.0 Å². The molecule has 1 rings (SSSR count). The maximum absolute atomic E-state index is 14.1. The molecule has 0 aliphatic heterocycles. The first-order valence-electron chi connectivity index (χ1n) is 4.13. The molecule has 1 aromatic carbocycles. The van der Waals surface area contributed by atoms with Crippen molar-refractivity contribution < 1.29 is 13.9 Å². The van der Waals surface area contributed by atoms with Crippen LogP contribution in [0.25, 0.3) is 0 Å². The molecule has 0 amide bonds. The molecule has 0 heterocycles. The van der Waals surface area contributed by atoms with E-state index < -0.39 is 11.6 Å². The maximum atomic E-state index is 14.1. The SMILES string of the molecule is COC(=O)C(C)(F)c1cccc(Cl)c1Br. The first-order valence-corrected chi connectivity index (χ1v) is 5.30. The lowest BCUT2D eigenvalue weighted by Crippen LogP contribution is -2.29. The maximum Gasteiger partial charge on any atom is 0.348 e. The van der Waals surface area contributed by atoms with Crippen LogP contribution >= 0.6 is 27.5 Å². The summed E-state index contributed by atoms with van der Waals surface area (Å²) < 4.78 is 18.8. The van der Waals surface area contributed by atoms with E-state index in [9.17, 15) is 9.18 Å². The van der Waals surface area contributed by atoms with E-state index in [0.29, 0.717) is 9.50 Å². The van der Waals surface area contributed by atoms with Crippen molar-refractivity contribution >= 4 is 33.5 Å². The number of hydrogen-bond acceptors (Lipinski definition) is 2. The van der Waals surface area contributed by atoms with Crippen LogP contribution in [0.1, 0.15) is 12.5 Å². The van der Waals surface area contributed by atoms with Crippen molar-refractivity contribution in [2.24, 2.45) is 0 Å². The molecule has 0 bridgehead atoms. The molecule has 0 saturated heterocycles. The Hall–Kier alpha value is -0.610. The molecule has 0 radical (unpaired) electrons. The van der Waals surface area contributed by atoms with E-state index >= 15 is 0 Å². The molecule has 1 aromatic rings. The number of carbonyl (C=O) groups is 1. The third-order valence-corrected chi connectivity index (χ3v) is 3.42. The van der Waals surface area contributed by atoms with Crippen LogP contribution in [-0.4, -0.2) is 13.1 Å². The van der Waals surface area contributed by atoms with Crippen molar-refractivity contribution in [3.8, 4) is 0 Å². The predicted octanol–water partition coefficient (Wildman–Crippen LogP) is 3.46. The van der Waals surface area contributed by atoms with Gasteiger partial charge in [-0.15, -0.1) is 0 Å². The number of benzene rings is 1. The van der Waals surface area contributed by atoms with Gasteiger partial charge >= 0.3 is 5.97 Å². The Balaban J connectivity index is 3.27. The minimum Gasteiger partial charge on any atom is -0.466 e. The van der Waals surface area contributed by atoms with Crippen molar-refractivity contribution in [3.05, 3.63) is 33.3 Å². The Morgan fingerprint density at radius 3 is 2.73 bits per heavy atom. The molecule has 5 heteroatoms. The number of carbonyl (C=O) groups excluding carboxylic acids is 1. The normalized spacial score (nSPS) is 14.5. The number of hydrogen-bond donors (Lipinski definition) is 0. The summed E-state index contributed by atoms with van der Waals surface area (Å²) in [5, 5.41) is 0.347. The van der Waals surface area contributed by atoms with Gasteiger partial charge in [-0.05, 0) is 28.9 Å². The van der Waals surface area contributed by atoms with Crippen molar-refractivity contribution in [3.63, 3.8) is 0 Å². The minimum absolute atomic E-state index is 0.154. The van der Waals surface area contributed by atoms with Gasteiger partial charge in [0.15, 0.2) is 0 Å². The van der Waals surface area contributed by atoms with E-state index in [1.54, 1.807) is 12.1 Å². The van der Waals surface area contributed by atoms with E-state index in [1.807, 2.05) is 0 Å². The molecule has 0 fully saturated rings.